The van der Waals surface area contributed by atoms with Crippen molar-refractivity contribution in [1.82, 2.24) is 4.90 Å². The van der Waals surface area contributed by atoms with E-state index in [0.29, 0.717) is 0 Å². The summed E-state index contributed by atoms with van der Waals surface area (Å²) in [5.74, 6) is 0.894. The summed E-state index contributed by atoms with van der Waals surface area (Å²) >= 11 is 0. The predicted octanol–water partition coefficient (Wildman–Crippen LogP) is 1.88. The molecule has 0 bridgehead atoms. The zero-order valence-corrected chi connectivity index (χ0v) is 8.47. The van der Waals surface area contributed by atoms with Gasteiger partial charge in [-0.25, -0.2) is 0 Å². The van der Waals surface area contributed by atoms with Crippen LogP contribution in [-0.2, 0) is 0 Å². The van der Waals surface area contributed by atoms with Crippen molar-refractivity contribution in [2.45, 2.75) is 0 Å². The van der Waals surface area contributed by atoms with Gasteiger partial charge < -0.3 is 14.5 Å². The average molecular weight is 190 g/mol. The molecule has 3 nitrogen and oxygen atoms in total. The van der Waals surface area contributed by atoms with E-state index in [2.05, 4.69) is 35.3 Å². The van der Waals surface area contributed by atoms with Crippen LogP contribution in [0.15, 0.2) is 36.7 Å². The lowest BCUT2D eigenvalue weighted by molar-refractivity contribution is 0.414. The minimum atomic E-state index is 0.894. The van der Waals surface area contributed by atoms with Crippen LogP contribution >= 0.6 is 0 Å². The van der Waals surface area contributed by atoms with Crippen molar-refractivity contribution in [2.75, 3.05) is 25.7 Å². The van der Waals surface area contributed by atoms with Gasteiger partial charge in [-0.2, -0.15) is 0 Å². The van der Waals surface area contributed by atoms with Crippen LogP contribution in [0, 0.1) is 0 Å². The van der Waals surface area contributed by atoms with Gasteiger partial charge in [-0.05, 0) is 12.1 Å². The third-order valence-electron chi connectivity index (χ3n) is 2.26. The number of anilines is 1. The van der Waals surface area contributed by atoms with Crippen LogP contribution in [0.25, 0.3) is 0 Å². The molecule has 1 heterocycles. The maximum absolute atomic E-state index is 5.18. The van der Waals surface area contributed by atoms with E-state index in [1.54, 1.807) is 7.11 Å². The maximum atomic E-state index is 5.18. The van der Waals surface area contributed by atoms with Crippen LogP contribution in [0.4, 0.5) is 5.69 Å². The molecule has 0 spiro atoms. The highest BCUT2D eigenvalue weighted by atomic mass is 16.5. The van der Waals surface area contributed by atoms with E-state index in [1.165, 1.54) is 0 Å². The molecule has 1 aliphatic heterocycles. The molecule has 0 saturated heterocycles. The van der Waals surface area contributed by atoms with Gasteiger partial charge in [0.15, 0.2) is 0 Å². The van der Waals surface area contributed by atoms with Gasteiger partial charge in [-0.3, -0.25) is 0 Å². The molecule has 0 aliphatic carbocycles. The van der Waals surface area contributed by atoms with E-state index in [-0.39, 0.29) is 0 Å². The third-order valence-corrected chi connectivity index (χ3v) is 2.26. The van der Waals surface area contributed by atoms with E-state index in [4.69, 9.17) is 4.74 Å². The van der Waals surface area contributed by atoms with Crippen molar-refractivity contribution in [1.29, 1.82) is 0 Å². The second-order valence-electron chi connectivity index (χ2n) is 3.37. The number of hydrogen-bond donors (Lipinski definition) is 0. The molecule has 1 aromatic rings. The van der Waals surface area contributed by atoms with Crippen molar-refractivity contribution in [3.8, 4) is 5.75 Å². The van der Waals surface area contributed by atoms with Crippen LogP contribution < -0.4 is 9.64 Å². The number of benzene rings is 1. The molecule has 0 saturated carbocycles. The van der Waals surface area contributed by atoms with Gasteiger partial charge in [0.25, 0.3) is 0 Å². The first-order valence-electron chi connectivity index (χ1n) is 4.59. The van der Waals surface area contributed by atoms with Gasteiger partial charge in [0.05, 0.1) is 13.8 Å². The van der Waals surface area contributed by atoms with Crippen LogP contribution in [0.3, 0.4) is 0 Å². The smallest absolute Gasteiger partial charge is 0.120 e. The third kappa shape index (κ3) is 1.66. The Bertz CT molecular complexity index is 349. The van der Waals surface area contributed by atoms with Gasteiger partial charge in [-0.15, -0.1) is 0 Å². The Kier molecular flexibility index (Phi) is 2.31. The number of nitrogens with zero attached hydrogens (tertiary/aromatic N) is 2. The number of hydrogen-bond acceptors (Lipinski definition) is 3. The summed E-state index contributed by atoms with van der Waals surface area (Å²) in [7, 11) is 3.74. The molecule has 0 atom stereocenters. The Balaban J connectivity index is 2.20. The van der Waals surface area contributed by atoms with E-state index in [1.807, 2.05) is 18.2 Å². The fourth-order valence-corrected chi connectivity index (χ4v) is 1.49. The number of methoxy groups -OCH3 is 1. The first kappa shape index (κ1) is 8.94. The quantitative estimate of drug-likeness (QED) is 0.708. The van der Waals surface area contributed by atoms with E-state index in [9.17, 15) is 0 Å². The van der Waals surface area contributed by atoms with Crippen molar-refractivity contribution in [3.05, 3.63) is 36.7 Å². The molecule has 0 fully saturated rings. The summed E-state index contributed by atoms with van der Waals surface area (Å²) in [6.07, 6.45) is 4.12. The molecule has 1 aliphatic rings. The van der Waals surface area contributed by atoms with E-state index >= 15 is 0 Å². The molecular weight excluding hydrogens is 176 g/mol. The molecule has 2 rings (SSSR count). The molecule has 0 radical (unpaired) electrons. The predicted molar refractivity (Wildman–Crippen MR) is 57.2 cm³/mol. The van der Waals surface area contributed by atoms with E-state index in [0.717, 1.165) is 18.1 Å². The number of ether oxygens (including phenoxy) is 1. The Hall–Kier alpha value is -1.64. The summed E-state index contributed by atoms with van der Waals surface area (Å²) in [5.41, 5.74) is 1.16. The molecule has 14 heavy (non-hydrogen) atoms. The van der Waals surface area contributed by atoms with Crippen molar-refractivity contribution < 1.29 is 4.74 Å². The molecule has 1 aromatic carbocycles. The van der Waals surface area contributed by atoms with Crippen molar-refractivity contribution in [3.63, 3.8) is 0 Å². The Morgan fingerprint density at radius 2 is 2.14 bits per heavy atom. The summed E-state index contributed by atoms with van der Waals surface area (Å²) in [5, 5.41) is 0. The molecule has 74 valence electrons. The van der Waals surface area contributed by atoms with Gasteiger partial charge in [0.1, 0.15) is 5.75 Å². The Labute approximate surface area is 84.2 Å². The maximum Gasteiger partial charge on any atom is 0.120 e. The lowest BCUT2D eigenvalue weighted by Gasteiger charge is -2.18. The Morgan fingerprint density at radius 1 is 1.29 bits per heavy atom. The monoisotopic (exact) mass is 190 g/mol. The fourth-order valence-electron chi connectivity index (χ4n) is 1.49. The first-order valence-corrected chi connectivity index (χ1v) is 4.59. The summed E-state index contributed by atoms with van der Waals surface area (Å²) < 4.78 is 5.18. The molecule has 3 heteroatoms. The van der Waals surface area contributed by atoms with Crippen LogP contribution in [-0.4, -0.2) is 25.7 Å². The van der Waals surface area contributed by atoms with Crippen LogP contribution in [0.2, 0.25) is 0 Å². The molecular formula is C11H14N2O. The molecule has 0 unspecified atom stereocenters. The summed E-state index contributed by atoms with van der Waals surface area (Å²) in [6.45, 7) is 0.896. The second-order valence-corrected chi connectivity index (χ2v) is 3.37. The summed E-state index contributed by atoms with van der Waals surface area (Å²) in [6, 6.07) is 8.06. The zero-order valence-electron chi connectivity index (χ0n) is 8.47. The second kappa shape index (κ2) is 3.62. The van der Waals surface area contributed by atoms with Gasteiger partial charge in [-0.1, -0.05) is 6.07 Å². The largest absolute Gasteiger partial charge is 0.497 e. The van der Waals surface area contributed by atoms with Crippen molar-refractivity contribution >= 4 is 5.69 Å². The SMILES string of the molecule is COc1cccc(N2C=CN(C)C2)c1. The minimum absolute atomic E-state index is 0.894. The lowest BCUT2D eigenvalue weighted by Crippen LogP contribution is -2.21. The molecule has 0 N–H and O–H groups in total. The fraction of sp³-hybridized carbons (Fsp3) is 0.273. The topological polar surface area (TPSA) is 15.7 Å². The molecule has 0 aromatic heterocycles. The number of rotatable bonds is 2. The highest BCUT2D eigenvalue weighted by molar-refractivity contribution is 5.53. The standard InChI is InChI=1S/C11H14N2O/c1-12-6-7-13(9-12)10-4-3-5-11(8-10)14-2/h3-8H,9H2,1-2H3. The van der Waals surface area contributed by atoms with Crippen LogP contribution in [0.1, 0.15) is 0 Å². The molecule has 0 amide bonds. The van der Waals surface area contributed by atoms with Gasteiger partial charge in [0.2, 0.25) is 0 Å². The highest BCUT2D eigenvalue weighted by Crippen LogP contribution is 2.23. The Morgan fingerprint density at radius 3 is 2.79 bits per heavy atom. The summed E-state index contributed by atoms with van der Waals surface area (Å²) in [4.78, 5) is 4.29. The average Bonchev–Trinajstić information content (AvgIpc) is 2.65. The van der Waals surface area contributed by atoms with Gasteiger partial charge in [0, 0.05) is 31.2 Å². The lowest BCUT2D eigenvalue weighted by atomic mass is 10.3. The van der Waals surface area contributed by atoms with E-state index < -0.39 is 0 Å². The zero-order chi connectivity index (χ0) is 9.97. The van der Waals surface area contributed by atoms with Crippen molar-refractivity contribution in [2.24, 2.45) is 0 Å². The van der Waals surface area contributed by atoms with Gasteiger partial charge >= 0.3 is 0 Å². The van der Waals surface area contributed by atoms with Crippen LogP contribution in [0.5, 0.6) is 5.75 Å². The minimum Gasteiger partial charge on any atom is -0.497 e. The highest BCUT2D eigenvalue weighted by Gasteiger charge is 2.10. The first-order chi connectivity index (χ1) is 6.79. The normalized spacial score (nSPS) is 15.0.